The quantitative estimate of drug-likeness (QED) is 0.636. The van der Waals surface area contributed by atoms with Crippen LogP contribution in [0.5, 0.6) is 0 Å². The molecule has 1 saturated heterocycles. The number of esters is 1. The molecule has 0 aromatic carbocycles. The van der Waals surface area contributed by atoms with Gasteiger partial charge in [0.15, 0.2) is 0 Å². The summed E-state index contributed by atoms with van der Waals surface area (Å²) in [5.41, 5.74) is 0. The Morgan fingerprint density at radius 1 is 1.23 bits per heavy atom. The van der Waals surface area contributed by atoms with Gasteiger partial charge in [0, 0.05) is 6.04 Å². The zero-order valence-electron chi connectivity index (χ0n) is 16.1. The summed E-state index contributed by atoms with van der Waals surface area (Å²) in [6, 6.07) is -1.92. The molecule has 2 rings (SSSR count). The van der Waals surface area contributed by atoms with Crippen LogP contribution in [0.25, 0.3) is 0 Å². The Balaban J connectivity index is 2.10. The van der Waals surface area contributed by atoms with Crippen molar-refractivity contribution in [3.05, 3.63) is 0 Å². The number of carbonyl (C=O) groups excluding carboxylic acids is 2. The number of nitrogens with zero attached hydrogens (tertiary/aromatic N) is 1. The number of amides is 1. The van der Waals surface area contributed by atoms with Crippen molar-refractivity contribution in [2.24, 2.45) is 5.92 Å². The molecule has 0 bridgehead atoms. The minimum Gasteiger partial charge on any atom is -0.480 e. The van der Waals surface area contributed by atoms with Crippen molar-refractivity contribution in [1.82, 2.24) is 10.2 Å². The minimum absolute atomic E-state index is 0.00817. The molecule has 0 radical (unpaired) electrons. The molecule has 2 aliphatic rings. The third-order valence-corrected chi connectivity index (χ3v) is 5.60. The Hall–Kier alpha value is -1.63. The van der Waals surface area contributed by atoms with Crippen molar-refractivity contribution in [3.8, 4) is 0 Å². The smallest absolute Gasteiger partial charge is 0.326 e. The van der Waals surface area contributed by atoms with E-state index in [1.807, 2.05) is 6.92 Å². The number of likely N-dealkylation sites (tertiary alicyclic amines) is 1. The number of rotatable bonds is 8. The first-order valence-corrected chi connectivity index (χ1v) is 9.88. The van der Waals surface area contributed by atoms with Gasteiger partial charge in [0.05, 0.1) is 12.6 Å². The van der Waals surface area contributed by atoms with Crippen molar-refractivity contribution >= 4 is 17.8 Å². The van der Waals surface area contributed by atoms with Crippen LogP contribution in [0.3, 0.4) is 0 Å². The highest BCUT2D eigenvalue weighted by atomic mass is 16.5. The number of hydrogen-bond donors (Lipinski definition) is 2. The van der Waals surface area contributed by atoms with Gasteiger partial charge in [-0.05, 0) is 45.4 Å². The lowest BCUT2D eigenvalue weighted by Crippen LogP contribution is -2.55. The molecule has 0 aromatic rings. The average Bonchev–Trinajstić information content (AvgIpc) is 3.00. The fourth-order valence-electron chi connectivity index (χ4n) is 4.39. The van der Waals surface area contributed by atoms with Gasteiger partial charge < -0.3 is 14.7 Å². The minimum atomic E-state index is -0.935. The van der Waals surface area contributed by atoms with Crippen LogP contribution in [-0.2, 0) is 19.1 Å². The van der Waals surface area contributed by atoms with E-state index in [9.17, 15) is 19.5 Å². The Labute approximate surface area is 155 Å². The monoisotopic (exact) mass is 368 g/mol. The highest BCUT2D eigenvalue weighted by Gasteiger charge is 2.48. The number of aliphatic carboxylic acids is 1. The molecule has 1 unspecified atom stereocenters. The molecule has 148 valence electrons. The van der Waals surface area contributed by atoms with Crippen molar-refractivity contribution in [2.45, 2.75) is 89.9 Å². The van der Waals surface area contributed by atoms with Gasteiger partial charge in [-0.2, -0.15) is 0 Å². The lowest BCUT2D eigenvalue weighted by molar-refractivity contribution is -0.152. The fraction of sp³-hybridized carbons (Fsp3) is 0.842. The summed E-state index contributed by atoms with van der Waals surface area (Å²) in [4.78, 5) is 38.5. The van der Waals surface area contributed by atoms with Gasteiger partial charge in [-0.3, -0.25) is 14.9 Å². The second kappa shape index (κ2) is 9.35. The zero-order valence-corrected chi connectivity index (χ0v) is 16.1. The average molecular weight is 368 g/mol. The molecule has 1 heterocycles. The molecular weight excluding hydrogens is 336 g/mol. The summed E-state index contributed by atoms with van der Waals surface area (Å²) in [5, 5.41) is 12.7. The van der Waals surface area contributed by atoms with Crippen molar-refractivity contribution in [1.29, 1.82) is 0 Å². The van der Waals surface area contributed by atoms with Crippen LogP contribution in [0.1, 0.15) is 65.7 Å². The summed E-state index contributed by atoms with van der Waals surface area (Å²) in [6.45, 7) is 5.72. The molecule has 26 heavy (non-hydrogen) atoms. The molecule has 1 aliphatic heterocycles. The zero-order chi connectivity index (χ0) is 19.3. The lowest BCUT2D eigenvalue weighted by atomic mass is 9.84. The maximum atomic E-state index is 13.1. The van der Waals surface area contributed by atoms with Gasteiger partial charge in [-0.1, -0.05) is 26.2 Å². The number of fused-ring (bicyclic) bond motifs is 1. The highest BCUT2D eigenvalue weighted by Crippen LogP contribution is 2.40. The number of ether oxygens (including phenoxy) is 1. The van der Waals surface area contributed by atoms with Gasteiger partial charge in [0.2, 0.25) is 5.91 Å². The number of carboxylic acids is 1. The lowest BCUT2D eigenvalue weighted by Gasteiger charge is -2.35. The number of carboxylic acid groups (broad SMARTS) is 1. The van der Waals surface area contributed by atoms with Crippen molar-refractivity contribution in [2.75, 3.05) is 6.61 Å². The predicted octanol–water partition coefficient (Wildman–Crippen LogP) is 1.94. The SMILES string of the molecule is CCCC(N[C@@H](C)C(=O)N1[C@@H](C(=O)O)C[C@H]2CCCC[C@H]21)C(=O)OCC. The molecule has 1 amide bonds. The van der Waals surface area contributed by atoms with E-state index < -0.39 is 24.1 Å². The third-order valence-electron chi connectivity index (χ3n) is 5.60. The van der Waals surface area contributed by atoms with E-state index in [0.29, 0.717) is 19.4 Å². The molecule has 2 fully saturated rings. The van der Waals surface area contributed by atoms with Crippen LogP contribution in [0.4, 0.5) is 0 Å². The van der Waals surface area contributed by atoms with Crippen molar-refractivity contribution < 1.29 is 24.2 Å². The molecule has 1 aliphatic carbocycles. The summed E-state index contributed by atoms with van der Waals surface area (Å²) >= 11 is 0. The van der Waals surface area contributed by atoms with E-state index in [2.05, 4.69) is 5.32 Å². The van der Waals surface area contributed by atoms with Crippen LogP contribution in [0, 0.1) is 5.92 Å². The van der Waals surface area contributed by atoms with Gasteiger partial charge in [-0.15, -0.1) is 0 Å². The van der Waals surface area contributed by atoms with E-state index in [-0.39, 0.29) is 23.8 Å². The first-order valence-electron chi connectivity index (χ1n) is 9.88. The van der Waals surface area contributed by atoms with Crippen LogP contribution in [0.15, 0.2) is 0 Å². The normalized spacial score (nSPS) is 27.5. The number of hydrogen-bond acceptors (Lipinski definition) is 5. The second-order valence-corrected chi connectivity index (χ2v) is 7.43. The maximum Gasteiger partial charge on any atom is 0.326 e. The fourth-order valence-corrected chi connectivity index (χ4v) is 4.39. The van der Waals surface area contributed by atoms with Gasteiger partial charge in [0.1, 0.15) is 12.1 Å². The summed E-state index contributed by atoms with van der Waals surface area (Å²) in [5.74, 6) is -1.24. The molecule has 2 N–H and O–H groups in total. The standard InChI is InChI=1S/C19H32N2O5/c1-4-8-14(19(25)26-5-2)20-12(3)17(22)21-15-10-7-6-9-13(15)11-16(21)18(23)24/h12-16,20H,4-11H2,1-3H3,(H,23,24)/t12-,13+,14?,15+,16+/m0/s1. The first-order chi connectivity index (χ1) is 12.4. The van der Waals surface area contributed by atoms with E-state index in [0.717, 1.165) is 32.1 Å². The number of carbonyl (C=O) groups is 3. The molecule has 5 atom stereocenters. The van der Waals surface area contributed by atoms with Crippen LogP contribution in [0.2, 0.25) is 0 Å². The van der Waals surface area contributed by atoms with Crippen molar-refractivity contribution in [3.63, 3.8) is 0 Å². The predicted molar refractivity (Wildman–Crippen MR) is 96.6 cm³/mol. The van der Waals surface area contributed by atoms with Gasteiger partial charge >= 0.3 is 11.9 Å². The topological polar surface area (TPSA) is 95.9 Å². The molecule has 0 aromatic heterocycles. The van der Waals surface area contributed by atoms with Gasteiger partial charge in [0.25, 0.3) is 0 Å². The Morgan fingerprint density at radius 3 is 2.54 bits per heavy atom. The van der Waals surface area contributed by atoms with E-state index in [4.69, 9.17) is 4.74 Å². The van der Waals surface area contributed by atoms with Gasteiger partial charge in [-0.25, -0.2) is 4.79 Å². The van der Waals surface area contributed by atoms with E-state index in [1.165, 1.54) is 0 Å². The van der Waals surface area contributed by atoms with E-state index in [1.54, 1.807) is 18.7 Å². The maximum absolute atomic E-state index is 13.1. The third kappa shape index (κ3) is 4.55. The van der Waals surface area contributed by atoms with Crippen LogP contribution >= 0.6 is 0 Å². The summed E-state index contributed by atoms with van der Waals surface area (Å²) in [7, 11) is 0. The molecule has 0 spiro atoms. The molecule has 1 saturated carbocycles. The largest absolute Gasteiger partial charge is 0.480 e. The number of nitrogens with one attached hydrogen (secondary N) is 1. The molecular formula is C19H32N2O5. The summed E-state index contributed by atoms with van der Waals surface area (Å²) < 4.78 is 5.09. The Bertz CT molecular complexity index is 524. The molecule has 7 heteroatoms. The molecule has 7 nitrogen and oxygen atoms in total. The van der Waals surface area contributed by atoms with Crippen LogP contribution in [-0.4, -0.2) is 58.6 Å². The second-order valence-electron chi connectivity index (χ2n) is 7.43. The highest BCUT2D eigenvalue weighted by molar-refractivity contribution is 5.88. The summed E-state index contributed by atoms with van der Waals surface area (Å²) in [6.07, 6.45) is 5.87. The van der Waals surface area contributed by atoms with Crippen LogP contribution < -0.4 is 5.32 Å². The Morgan fingerprint density at radius 2 is 1.92 bits per heavy atom. The first kappa shape index (κ1) is 20.7. The van der Waals surface area contributed by atoms with E-state index >= 15 is 0 Å². The Kier molecular flexibility index (Phi) is 7.43.